The van der Waals surface area contributed by atoms with Crippen LogP contribution in [0.2, 0.25) is 5.02 Å². The summed E-state index contributed by atoms with van der Waals surface area (Å²) in [6, 6.07) is 31.0. The van der Waals surface area contributed by atoms with Crippen LogP contribution in [0, 0.1) is 10.1 Å². The van der Waals surface area contributed by atoms with E-state index in [1.54, 1.807) is 24.3 Å². The van der Waals surface area contributed by atoms with Crippen LogP contribution < -0.4 is 10.2 Å². The smallest absolute Gasteiger partial charge is 0.277 e. The lowest BCUT2D eigenvalue weighted by atomic mass is 9.98. The molecule has 0 fully saturated rings. The molecule has 0 saturated heterocycles. The van der Waals surface area contributed by atoms with Gasteiger partial charge in [-0.15, -0.1) is 0 Å². The van der Waals surface area contributed by atoms with Gasteiger partial charge < -0.3 is 4.74 Å². The first kappa shape index (κ1) is 25.6. The highest BCUT2D eigenvalue weighted by Gasteiger charge is 2.11. The molecule has 9 heteroatoms. The minimum Gasteiger partial charge on any atom is -0.484 e. The second-order valence-electron chi connectivity index (χ2n) is 8.54. The van der Waals surface area contributed by atoms with E-state index in [0.29, 0.717) is 16.3 Å². The van der Waals surface area contributed by atoms with Crippen LogP contribution in [-0.2, 0) is 4.79 Å². The van der Waals surface area contributed by atoms with Crippen molar-refractivity contribution in [1.29, 1.82) is 0 Å². The summed E-state index contributed by atoms with van der Waals surface area (Å²) < 4.78 is 5.58. The number of carbonyl (C=O) groups is 1. The first-order valence-electron chi connectivity index (χ1n) is 11.9. The van der Waals surface area contributed by atoms with Gasteiger partial charge in [-0.3, -0.25) is 14.9 Å². The lowest BCUT2D eigenvalue weighted by Crippen LogP contribution is -2.24. The molecule has 0 aliphatic rings. The summed E-state index contributed by atoms with van der Waals surface area (Å²) in [5, 5.41) is 16.3. The minimum atomic E-state index is -0.497. The molecule has 0 aliphatic heterocycles. The molecule has 0 atom stereocenters. The van der Waals surface area contributed by atoms with Crippen molar-refractivity contribution in [3.63, 3.8) is 0 Å². The monoisotopic (exact) mass is 536 g/mol. The Balaban J connectivity index is 1.26. The minimum absolute atomic E-state index is 0.0587. The van der Waals surface area contributed by atoms with Crippen LogP contribution in [0.15, 0.2) is 108 Å². The normalized spacial score (nSPS) is 11.0. The Morgan fingerprint density at radius 1 is 0.949 bits per heavy atom. The Labute approximate surface area is 228 Å². The summed E-state index contributed by atoms with van der Waals surface area (Å²) in [5.74, 6) is 0.0375. The second kappa shape index (κ2) is 11.5. The highest BCUT2D eigenvalue weighted by atomic mass is 35.5. The van der Waals surface area contributed by atoms with Gasteiger partial charge in [-0.05, 0) is 59.7 Å². The van der Waals surface area contributed by atoms with Crippen LogP contribution in [0.5, 0.6) is 5.75 Å². The number of halogens is 1. The van der Waals surface area contributed by atoms with Crippen molar-refractivity contribution in [3.05, 3.63) is 124 Å². The fourth-order valence-electron chi connectivity index (χ4n) is 4.00. The maximum absolute atomic E-state index is 12.1. The number of hydrogen-bond acceptors (Lipinski definition) is 6. The Morgan fingerprint density at radius 3 is 2.51 bits per heavy atom. The van der Waals surface area contributed by atoms with E-state index in [9.17, 15) is 14.9 Å². The van der Waals surface area contributed by atoms with Crippen LogP contribution in [0.25, 0.3) is 33.3 Å². The van der Waals surface area contributed by atoms with E-state index in [-0.39, 0.29) is 12.3 Å². The van der Waals surface area contributed by atoms with Gasteiger partial charge in [0, 0.05) is 33.7 Å². The van der Waals surface area contributed by atoms with Crippen LogP contribution in [0.4, 0.5) is 5.69 Å². The van der Waals surface area contributed by atoms with Crippen molar-refractivity contribution in [1.82, 2.24) is 10.4 Å². The van der Waals surface area contributed by atoms with Crippen molar-refractivity contribution < 1.29 is 14.5 Å². The quantitative estimate of drug-likeness (QED) is 0.135. The number of nitrogens with zero attached hydrogens (tertiary/aromatic N) is 3. The second-order valence-corrected chi connectivity index (χ2v) is 8.98. The maximum Gasteiger partial charge on any atom is 0.277 e. The number of amides is 1. The number of ether oxygens (including phenoxy) is 1. The van der Waals surface area contributed by atoms with Crippen molar-refractivity contribution in [2.75, 3.05) is 6.61 Å². The summed E-state index contributed by atoms with van der Waals surface area (Å²) >= 11 is 6.28. The highest BCUT2D eigenvalue weighted by Crippen LogP contribution is 2.33. The van der Waals surface area contributed by atoms with Gasteiger partial charge in [0.1, 0.15) is 5.75 Å². The van der Waals surface area contributed by atoms with Crippen LogP contribution in [0.1, 0.15) is 5.56 Å². The number of pyridine rings is 1. The summed E-state index contributed by atoms with van der Waals surface area (Å²) in [5.41, 5.74) is 7.38. The number of rotatable bonds is 8. The van der Waals surface area contributed by atoms with Crippen molar-refractivity contribution in [2.24, 2.45) is 5.10 Å². The molecule has 1 N–H and O–H groups in total. The standard InChI is InChI=1S/C30H21ClN4O4/c31-23-11-14-28-27(16-23)26(21-6-2-1-3-7-21)17-29(33-28)22-9-12-25(13-10-22)39-19-30(36)34-32-18-20-5-4-8-24(15-20)35(37)38/h1-18H,19H2,(H,34,36)/b32-18+. The Hall–Kier alpha value is -5.08. The molecule has 192 valence electrons. The SMILES string of the molecule is O=C(COc1ccc(-c2cc(-c3ccccc3)c3cc(Cl)ccc3n2)cc1)N/N=C/c1cccc([N+](=O)[O-])c1. The molecule has 0 bridgehead atoms. The summed E-state index contributed by atoms with van der Waals surface area (Å²) in [7, 11) is 0. The molecular weight excluding hydrogens is 516 g/mol. The van der Waals surface area contributed by atoms with Gasteiger partial charge in [0.2, 0.25) is 0 Å². The number of benzene rings is 4. The number of nitro benzene ring substituents is 1. The largest absolute Gasteiger partial charge is 0.484 e. The lowest BCUT2D eigenvalue weighted by molar-refractivity contribution is -0.384. The number of nitro groups is 1. The van der Waals surface area contributed by atoms with E-state index in [0.717, 1.165) is 33.3 Å². The van der Waals surface area contributed by atoms with E-state index in [2.05, 4.69) is 22.7 Å². The first-order chi connectivity index (χ1) is 19.0. The summed E-state index contributed by atoms with van der Waals surface area (Å²) in [6.07, 6.45) is 1.33. The first-order valence-corrected chi connectivity index (χ1v) is 12.3. The molecule has 5 rings (SSSR count). The van der Waals surface area contributed by atoms with E-state index in [4.69, 9.17) is 21.3 Å². The Bertz CT molecular complexity index is 1690. The number of aromatic nitrogens is 1. The number of nitrogens with one attached hydrogen (secondary N) is 1. The number of hydrazone groups is 1. The molecular formula is C30H21ClN4O4. The van der Waals surface area contributed by atoms with E-state index in [1.165, 1.54) is 18.3 Å². The zero-order valence-corrected chi connectivity index (χ0v) is 21.2. The fraction of sp³-hybridized carbons (Fsp3) is 0.0333. The molecule has 0 radical (unpaired) electrons. The third-order valence-corrected chi connectivity index (χ3v) is 6.09. The van der Waals surface area contributed by atoms with Gasteiger partial charge in [0.05, 0.1) is 22.3 Å². The van der Waals surface area contributed by atoms with Crippen molar-refractivity contribution in [2.45, 2.75) is 0 Å². The average Bonchev–Trinajstić information content (AvgIpc) is 2.96. The van der Waals surface area contributed by atoms with Gasteiger partial charge in [-0.2, -0.15) is 5.10 Å². The predicted octanol–water partition coefficient (Wildman–Crippen LogP) is 6.66. The lowest BCUT2D eigenvalue weighted by Gasteiger charge is -2.11. The zero-order chi connectivity index (χ0) is 27.2. The third-order valence-electron chi connectivity index (χ3n) is 5.86. The summed E-state index contributed by atoms with van der Waals surface area (Å²) in [4.78, 5) is 27.3. The molecule has 0 unspecified atom stereocenters. The van der Waals surface area contributed by atoms with E-state index in [1.807, 2.05) is 54.6 Å². The van der Waals surface area contributed by atoms with Gasteiger partial charge >= 0.3 is 0 Å². The van der Waals surface area contributed by atoms with E-state index >= 15 is 0 Å². The number of non-ortho nitro benzene ring substituents is 1. The number of carbonyl (C=O) groups excluding carboxylic acids is 1. The van der Waals surface area contributed by atoms with Crippen molar-refractivity contribution in [3.8, 4) is 28.1 Å². The van der Waals surface area contributed by atoms with Gasteiger partial charge in [0.25, 0.3) is 11.6 Å². The fourth-order valence-corrected chi connectivity index (χ4v) is 4.18. The van der Waals surface area contributed by atoms with Crippen LogP contribution >= 0.6 is 11.6 Å². The molecule has 0 spiro atoms. The molecule has 39 heavy (non-hydrogen) atoms. The Kier molecular flexibility index (Phi) is 7.56. The highest BCUT2D eigenvalue weighted by molar-refractivity contribution is 6.31. The van der Waals surface area contributed by atoms with Crippen LogP contribution in [-0.4, -0.2) is 28.6 Å². The number of fused-ring (bicyclic) bond motifs is 1. The maximum atomic E-state index is 12.1. The molecule has 0 aliphatic carbocycles. The van der Waals surface area contributed by atoms with Gasteiger partial charge in [0.15, 0.2) is 6.61 Å². The molecule has 8 nitrogen and oxygen atoms in total. The predicted molar refractivity (Wildman–Crippen MR) is 152 cm³/mol. The molecule has 5 aromatic rings. The Morgan fingerprint density at radius 2 is 1.74 bits per heavy atom. The van der Waals surface area contributed by atoms with E-state index < -0.39 is 10.8 Å². The topological polar surface area (TPSA) is 107 Å². The average molecular weight is 537 g/mol. The van der Waals surface area contributed by atoms with Crippen LogP contribution in [0.3, 0.4) is 0 Å². The number of hydrogen-bond donors (Lipinski definition) is 1. The molecule has 4 aromatic carbocycles. The zero-order valence-electron chi connectivity index (χ0n) is 20.5. The summed E-state index contributed by atoms with van der Waals surface area (Å²) in [6.45, 7) is -0.251. The van der Waals surface area contributed by atoms with Gasteiger partial charge in [-0.25, -0.2) is 10.4 Å². The molecule has 1 amide bonds. The molecule has 0 saturated carbocycles. The molecule has 1 aromatic heterocycles. The third kappa shape index (κ3) is 6.26. The van der Waals surface area contributed by atoms with Gasteiger partial charge in [-0.1, -0.05) is 54.1 Å². The van der Waals surface area contributed by atoms with Crippen molar-refractivity contribution >= 4 is 40.3 Å². The molecule has 1 heterocycles.